The molecular formula is C15H21N3O2S. The molecule has 1 aromatic carbocycles. The number of thioether (sulfide) groups is 1. The summed E-state index contributed by atoms with van der Waals surface area (Å²) >= 11 is 1.73. The first-order chi connectivity index (χ1) is 10.1. The van der Waals surface area contributed by atoms with Crippen LogP contribution in [-0.2, 0) is 9.59 Å². The highest BCUT2D eigenvalue weighted by Crippen LogP contribution is 2.20. The monoisotopic (exact) mass is 307 g/mol. The summed E-state index contributed by atoms with van der Waals surface area (Å²) in [6, 6.07) is 7.13. The molecule has 1 aliphatic heterocycles. The van der Waals surface area contributed by atoms with Gasteiger partial charge in [-0.2, -0.15) is 0 Å². The number of amides is 2. The molecule has 0 spiro atoms. The number of hydrogen-bond acceptors (Lipinski definition) is 4. The molecule has 0 saturated carbocycles. The van der Waals surface area contributed by atoms with Crippen LogP contribution in [0.15, 0.2) is 24.3 Å². The minimum absolute atomic E-state index is 0.0193. The van der Waals surface area contributed by atoms with E-state index in [1.165, 1.54) is 6.92 Å². The Balaban J connectivity index is 1.75. The van der Waals surface area contributed by atoms with Crippen molar-refractivity contribution in [1.82, 2.24) is 5.32 Å². The van der Waals surface area contributed by atoms with Gasteiger partial charge in [0.2, 0.25) is 11.8 Å². The molecule has 0 unspecified atom stereocenters. The summed E-state index contributed by atoms with van der Waals surface area (Å²) in [5, 5.41) is 9.47. The molecule has 0 atom stereocenters. The van der Waals surface area contributed by atoms with Crippen molar-refractivity contribution in [3.05, 3.63) is 24.3 Å². The number of carbonyl (C=O) groups is 2. The van der Waals surface area contributed by atoms with E-state index in [9.17, 15) is 9.59 Å². The van der Waals surface area contributed by atoms with Crippen molar-refractivity contribution in [3.63, 3.8) is 0 Å². The minimum Gasteiger partial charge on any atom is -0.326 e. The number of benzene rings is 1. The van der Waals surface area contributed by atoms with E-state index < -0.39 is 0 Å². The van der Waals surface area contributed by atoms with Gasteiger partial charge in [-0.25, -0.2) is 0 Å². The first-order valence-electron chi connectivity index (χ1n) is 7.13. The Morgan fingerprint density at radius 1 is 1.14 bits per heavy atom. The van der Waals surface area contributed by atoms with Crippen molar-refractivity contribution < 1.29 is 9.59 Å². The summed E-state index contributed by atoms with van der Waals surface area (Å²) < 4.78 is 0. The number of carbonyl (C=O) groups excluding carboxylic acids is 2. The number of rotatable bonds is 5. The highest BCUT2D eigenvalue weighted by molar-refractivity contribution is 8.00. The molecule has 5 nitrogen and oxygen atoms in total. The first-order valence-corrected chi connectivity index (χ1v) is 8.18. The molecule has 6 heteroatoms. The zero-order chi connectivity index (χ0) is 15.1. The Morgan fingerprint density at radius 3 is 2.29 bits per heavy atom. The normalized spacial score (nSPS) is 15.5. The van der Waals surface area contributed by atoms with Crippen LogP contribution >= 0.6 is 11.8 Å². The largest absolute Gasteiger partial charge is 0.326 e. The average molecular weight is 307 g/mol. The smallest absolute Gasteiger partial charge is 0.234 e. The lowest BCUT2D eigenvalue weighted by atomic mass is 10.2. The topological polar surface area (TPSA) is 70.2 Å². The maximum Gasteiger partial charge on any atom is 0.234 e. The Labute approximate surface area is 129 Å². The summed E-state index contributed by atoms with van der Waals surface area (Å²) in [5.74, 6) is 0.397. The number of anilines is 2. The van der Waals surface area contributed by atoms with Crippen LogP contribution in [0.5, 0.6) is 0 Å². The molecule has 1 aliphatic rings. The SMILES string of the molecule is CC(=O)Nc1ccc(NC(=O)CSC2CCNCC2)cc1. The maximum absolute atomic E-state index is 11.9. The van der Waals surface area contributed by atoms with Gasteiger partial charge in [-0.1, -0.05) is 0 Å². The van der Waals surface area contributed by atoms with Gasteiger partial charge in [-0.15, -0.1) is 11.8 Å². The zero-order valence-electron chi connectivity index (χ0n) is 12.1. The van der Waals surface area contributed by atoms with Crippen LogP contribution in [0.25, 0.3) is 0 Å². The molecule has 0 radical (unpaired) electrons. The van der Waals surface area contributed by atoms with E-state index in [1.54, 1.807) is 36.0 Å². The lowest BCUT2D eigenvalue weighted by Crippen LogP contribution is -2.30. The zero-order valence-corrected chi connectivity index (χ0v) is 13.0. The molecule has 1 heterocycles. The summed E-state index contributed by atoms with van der Waals surface area (Å²) in [6.45, 7) is 3.56. The number of nitrogens with one attached hydrogen (secondary N) is 3. The Kier molecular flexibility index (Phi) is 6.07. The minimum atomic E-state index is -0.106. The van der Waals surface area contributed by atoms with Crippen molar-refractivity contribution in [3.8, 4) is 0 Å². The van der Waals surface area contributed by atoms with Gasteiger partial charge in [0, 0.05) is 23.5 Å². The van der Waals surface area contributed by atoms with Gasteiger partial charge in [0.25, 0.3) is 0 Å². The van der Waals surface area contributed by atoms with E-state index in [-0.39, 0.29) is 11.8 Å². The van der Waals surface area contributed by atoms with Gasteiger partial charge in [0.1, 0.15) is 0 Å². The lowest BCUT2D eigenvalue weighted by Gasteiger charge is -2.21. The third kappa shape index (κ3) is 5.77. The Bertz CT molecular complexity index is 484. The van der Waals surface area contributed by atoms with E-state index in [0.29, 0.717) is 11.0 Å². The van der Waals surface area contributed by atoms with Crippen LogP contribution in [0.3, 0.4) is 0 Å². The van der Waals surface area contributed by atoms with Crippen molar-refractivity contribution in [1.29, 1.82) is 0 Å². The molecule has 114 valence electrons. The standard InChI is InChI=1S/C15H21N3O2S/c1-11(19)17-12-2-4-13(5-3-12)18-15(20)10-21-14-6-8-16-9-7-14/h2-5,14,16H,6-10H2,1H3,(H,17,19)(H,18,20). The molecular weight excluding hydrogens is 286 g/mol. The van der Waals surface area contributed by atoms with E-state index in [0.717, 1.165) is 37.3 Å². The summed E-state index contributed by atoms with van der Waals surface area (Å²) in [6.07, 6.45) is 2.26. The van der Waals surface area contributed by atoms with Gasteiger partial charge < -0.3 is 16.0 Å². The molecule has 1 saturated heterocycles. The molecule has 21 heavy (non-hydrogen) atoms. The highest BCUT2D eigenvalue weighted by Gasteiger charge is 2.14. The maximum atomic E-state index is 11.9. The fourth-order valence-corrected chi connectivity index (χ4v) is 3.22. The molecule has 0 bridgehead atoms. The average Bonchev–Trinajstić information content (AvgIpc) is 2.48. The fourth-order valence-electron chi connectivity index (χ4n) is 2.19. The summed E-state index contributed by atoms with van der Waals surface area (Å²) in [7, 11) is 0. The van der Waals surface area contributed by atoms with Gasteiger partial charge in [-0.3, -0.25) is 9.59 Å². The van der Waals surface area contributed by atoms with Crippen LogP contribution < -0.4 is 16.0 Å². The molecule has 1 fully saturated rings. The molecule has 1 aromatic rings. The molecule has 2 amide bonds. The number of hydrogen-bond donors (Lipinski definition) is 3. The van der Waals surface area contributed by atoms with Gasteiger partial charge >= 0.3 is 0 Å². The van der Waals surface area contributed by atoms with Crippen LogP contribution in [0.4, 0.5) is 11.4 Å². The molecule has 0 aliphatic carbocycles. The lowest BCUT2D eigenvalue weighted by molar-refractivity contribution is -0.114. The van der Waals surface area contributed by atoms with Crippen LogP contribution in [-0.4, -0.2) is 35.9 Å². The fraction of sp³-hybridized carbons (Fsp3) is 0.467. The van der Waals surface area contributed by atoms with Gasteiger partial charge in [0.05, 0.1) is 5.75 Å². The Morgan fingerprint density at radius 2 is 1.71 bits per heavy atom. The van der Waals surface area contributed by atoms with Gasteiger partial charge in [-0.05, 0) is 50.2 Å². The molecule has 3 N–H and O–H groups in total. The second-order valence-corrected chi connectivity index (χ2v) is 6.36. The van der Waals surface area contributed by atoms with E-state index in [2.05, 4.69) is 16.0 Å². The van der Waals surface area contributed by atoms with E-state index in [1.807, 2.05) is 0 Å². The summed E-state index contributed by atoms with van der Waals surface area (Å²) in [5.41, 5.74) is 1.48. The third-order valence-corrected chi connectivity index (χ3v) is 4.60. The molecule has 2 rings (SSSR count). The highest BCUT2D eigenvalue weighted by atomic mass is 32.2. The molecule has 0 aromatic heterocycles. The van der Waals surface area contributed by atoms with Crippen molar-refractivity contribution in [2.45, 2.75) is 25.0 Å². The van der Waals surface area contributed by atoms with E-state index >= 15 is 0 Å². The first kappa shape index (κ1) is 15.9. The van der Waals surface area contributed by atoms with Crippen molar-refractivity contribution >= 4 is 35.0 Å². The summed E-state index contributed by atoms with van der Waals surface area (Å²) in [4.78, 5) is 22.8. The van der Waals surface area contributed by atoms with Crippen LogP contribution in [0, 0.1) is 0 Å². The van der Waals surface area contributed by atoms with E-state index in [4.69, 9.17) is 0 Å². The second-order valence-electron chi connectivity index (χ2n) is 5.07. The van der Waals surface area contributed by atoms with Gasteiger partial charge in [0.15, 0.2) is 0 Å². The predicted molar refractivity (Wildman–Crippen MR) is 87.7 cm³/mol. The van der Waals surface area contributed by atoms with Crippen LogP contribution in [0.2, 0.25) is 0 Å². The quantitative estimate of drug-likeness (QED) is 0.779. The van der Waals surface area contributed by atoms with Crippen LogP contribution in [0.1, 0.15) is 19.8 Å². The number of piperidine rings is 1. The van der Waals surface area contributed by atoms with Crippen molar-refractivity contribution in [2.75, 3.05) is 29.5 Å². The Hall–Kier alpha value is -1.53. The van der Waals surface area contributed by atoms with Crippen molar-refractivity contribution in [2.24, 2.45) is 0 Å². The third-order valence-electron chi connectivity index (χ3n) is 3.23. The predicted octanol–water partition coefficient (Wildman–Crippen LogP) is 2.07. The second kappa shape index (κ2) is 8.05.